The average molecular weight is 328 g/mol. The lowest BCUT2D eigenvalue weighted by atomic mass is 10.1. The summed E-state index contributed by atoms with van der Waals surface area (Å²) < 4.78 is 4.93. The summed E-state index contributed by atoms with van der Waals surface area (Å²) in [5.41, 5.74) is 3.73. The summed E-state index contributed by atoms with van der Waals surface area (Å²) in [6.07, 6.45) is 2.79. The summed E-state index contributed by atoms with van der Waals surface area (Å²) in [5.74, 6) is -0.282. The van der Waals surface area contributed by atoms with Gasteiger partial charge in [0.05, 0.1) is 10.2 Å². The van der Waals surface area contributed by atoms with Crippen molar-refractivity contribution in [2.45, 2.75) is 33.7 Å². The van der Waals surface area contributed by atoms with Crippen LogP contribution in [0.5, 0.6) is 0 Å². The zero-order valence-corrected chi connectivity index (χ0v) is 14.6. The third kappa shape index (κ3) is 2.74. The highest BCUT2D eigenvalue weighted by atomic mass is 32.1. The first-order valence-electron chi connectivity index (χ1n) is 7.75. The molecule has 23 heavy (non-hydrogen) atoms. The monoisotopic (exact) mass is 328 g/mol. The third-order valence-electron chi connectivity index (χ3n) is 3.89. The predicted molar refractivity (Wildman–Crippen MR) is 92.7 cm³/mol. The molecule has 1 amide bonds. The van der Waals surface area contributed by atoms with E-state index in [1.807, 2.05) is 20.2 Å². The number of hydrogen-bond acceptors (Lipinski definition) is 3. The quantitative estimate of drug-likeness (QED) is 0.742. The van der Waals surface area contributed by atoms with Crippen molar-refractivity contribution in [1.29, 1.82) is 0 Å². The normalized spacial score (nSPS) is 12.3. The summed E-state index contributed by atoms with van der Waals surface area (Å²) in [5, 5.41) is 4.22. The first-order chi connectivity index (χ1) is 11.0. The van der Waals surface area contributed by atoms with E-state index in [2.05, 4.69) is 46.7 Å². The molecule has 0 unspecified atom stereocenters. The molecule has 0 aliphatic heterocycles. The Labute approximate surface area is 138 Å². The molecule has 2 heterocycles. The molecule has 0 aliphatic carbocycles. The van der Waals surface area contributed by atoms with Crippen molar-refractivity contribution in [1.82, 2.24) is 14.3 Å². The van der Waals surface area contributed by atoms with Gasteiger partial charge in [-0.05, 0) is 31.9 Å². The maximum atomic E-state index is 12.5. The first kappa shape index (κ1) is 15.7. The molecule has 1 aromatic carbocycles. The number of amides is 1. The van der Waals surface area contributed by atoms with E-state index in [4.69, 9.17) is 0 Å². The van der Waals surface area contributed by atoms with Crippen LogP contribution in [0.4, 0.5) is 0 Å². The van der Waals surface area contributed by atoms with Crippen molar-refractivity contribution in [3.63, 3.8) is 0 Å². The number of aryl methyl sites for hydroxylation is 4. The van der Waals surface area contributed by atoms with E-state index in [0.717, 1.165) is 28.0 Å². The fourth-order valence-corrected chi connectivity index (χ4v) is 3.97. The molecule has 0 atom stereocenters. The van der Waals surface area contributed by atoms with Crippen molar-refractivity contribution >= 4 is 27.5 Å². The Bertz CT molecular complexity index is 945. The summed E-state index contributed by atoms with van der Waals surface area (Å²) in [7, 11) is 1.81. The number of fused-ring (bicyclic) bond motifs is 1. The second kappa shape index (κ2) is 6.12. The molecule has 5 nitrogen and oxygen atoms in total. The zero-order valence-electron chi connectivity index (χ0n) is 13.8. The predicted octanol–water partition coefficient (Wildman–Crippen LogP) is 3.07. The van der Waals surface area contributed by atoms with Gasteiger partial charge in [0.2, 0.25) is 0 Å². The van der Waals surface area contributed by atoms with Crippen molar-refractivity contribution in [2.75, 3.05) is 0 Å². The van der Waals surface area contributed by atoms with Crippen LogP contribution in [0, 0.1) is 6.92 Å². The van der Waals surface area contributed by atoms with Gasteiger partial charge in [-0.25, -0.2) is 0 Å². The molecule has 0 spiro atoms. The molecule has 0 N–H and O–H groups in total. The van der Waals surface area contributed by atoms with Gasteiger partial charge in [0, 0.05) is 25.4 Å². The molecule has 3 rings (SSSR count). The maximum Gasteiger partial charge on any atom is 0.300 e. The standard InChI is InChI=1S/C17H20N4OS/c1-5-12-8-7-9-13-15(12)21(6-2)17(23-13)18-16(22)14-11(3)10-20(4)19-14/h7-10H,5-6H2,1-4H3. The lowest BCUT2D eigenvalue weighted by molar-refractivity contribution is 0.0992. The third-order valence-corrected chi connectivity index (χ3v) is 4.94. The Morgan fingerprint density at radius 2 is 2.13 bits per heavy atom. The Balaban J connectivity index is 2.19. The minimum atomic E-state index is -0.282. The SMILES string of the molecule is CCc1cccc2sc(=NC(=O)c3nn(C)cc3C)n(CC)c12. The average Bonchev–Trinajstić information content (AvgIpc) is 3.05. The molecule has 3 aromatic rings. The molecule has 0 radical (unpaired) electrons. The van der Waals surface area contributed by atoms with Crippen LogP contribution in [0.1, 0.15) is 35.5 Å². The lowest BCUT2D eigenvalue weighted by Gasteiger charge is -2.04. The fourth-order valence-electron chi connectivity index (χ4n) is 2.83. The summed E-state index contributed by atoms with van der Waals surface area (Å²) in [6, 6.07) is 6.28. The van der Waals surface area contributed by atoms with Crippen LogP contribution in [0.2, 0.25) is 0 Å². The van der Waals surface area contributed by atoms with E-state index in [1.165, 1.54) is 11.1 Å². The Hall–Kier alpha value is -2.21. The summed E-state index contributed by atoms with van der Waals surface area (Å²) in [6.45, 7) is 6.88. The highest BCUT2D eigenvalue weighted by molar-refractivity contribution is 7.16. The van der Waals surface area contributed by atoms with Crippen molar-refractivity contribution in [3.8, 4) is 0 Å². The molecule has 0 saturated heterocycles. The maximum absolute atomic E-state index is 12.5. The van der Waals surface area contributed by atoms with Crippen LogP contribution in [0.25, 0.3) is 10.2 Å². The van der Waals surface area contributed by atoms with Gasteiger partial charge in [-0.1, -0.05) is 30.4 Å². The second-order valence-electron chi connectivity index (χ2n) is 5.50. The number of hydrogen-bond donors (Lipinski definition) is 0. The van der Waals surface area contributed by atoms with E-state index in [-0.39, 0.29) is 5.91 Å². The van der Waals surface area contributed by atoms with Gasteiger partial charge in [-0.3, -0.25) is 9.48 Å². The number of para-hydroxylation sites is 1. The number of carbonyl (C=O) groups is 1. The van der Waals surface area contributed by atoms with Crippen LogP contribution in [-0.4, -0.2) is 20.3 Å². The minimum absolute atomic E-state index is 0.282. The zero-order chi connectivity index (χ0) is 16.6. The van der Waals surface area contributed by atoms with E-state index in [1.54, 1.807) is 16.0 Å². The molecule has 120 valence electrons. The Morgan fingerprint density at radius 3 is 2.74 bits per heavy atom. The van der Waals surface area contributed by atoms with Crippen molar-refractivity contribution < 1.29 is 4.79 Å². The molecule has 6 heteroatoms. The van der Waals surface area contributed by atoms with Gasteiger partial charge in [0.1, 0.15) is 0 Å². The number of nitrogens with zero attached hydrogens (tertiary/aromatic N) is 4. The minimum Gasteiger partial charge on any atom is -0.316 e. The lowest BCUT2D eigenvalue weighted by Crippen LogP contribution is -2.17. The van der Waals surface area contributed by atoms with Crippen LogP contribution in [0.15, 0.2) is 29.4 Å². The van der Waals surface area contributed by atoms with Crippen LogP contribution in [-0.2, 0) is 20.0 Å². The van der Waals surface area contributed by atoms with Crippen LogP contribution >= 0.6 is 11.3 Å². The molecular formula is C17H20N4OS. The molecule has 2 aromatic heterocycles. The molecule has 0 aliphatic rings. The number of thiazole rings is 1. The van der Waals surface area contributed by atoms with Crippen molar-refractivity contribution in [2.24, 2.45) is 12.0 Å². The Kier molecular flexibility index (Phi) is 4.17. The van der Waals surface area contributed by atoms with Gasteiger partial charge in [-0.15, -0.1) is 0 Å². The summed E-state index contributed by atoms with van der Waals surface area (Å²) in [4.78, 5) is 17.6. The Morgan fingerprint density at radius 1 is 1.35 bits per heavy atom. The number of aromatic nitrogens is 3. The molecule has 0 saturated carbocycles. The van der Waals surface area contributed by atoms with E-state index in [9.17, 15) is 4.79 Å². The molecule has 0 fully saturated rings. The van der Waals surface area contributed by atoms with Crippen LogP contribution in [0.3, 0.4) is 0 Å². The van der Waals surface area contributed by atoms with E-state index < -0.39 is 0 Å². The van der Waals surface area contributed by atoms with Gasteiger partial charge in [-0.2, -0.15) is 10.1 Å². The van der Waals surface area contributed by atoms with Gasteiger partial charge in [0.25, 0.3) is 5.91 Å². The largest absolute Gasteiger partial charge is 0.316 e. The molecule has 0 bridgehead atoms. The smallest absolute Gasteiger partial charge is 0.300 e. The molecular weight excluding hydrogens is 308 g/mol. The fraction of sp³-hybridized carbons (Fsp3) is 0.353. The number of rotatable bonds is 3. The highest BCUT2D eigenvalue weighted by Gasteiger charge is 2.14. The van der Waals surface area contributed by atoms with Gasteiger partial charge in [0.15, 0.2) is 10.5 Å². The number of carbonyl (C=O) groups excluding carboxylic acids is 1. The van der Waals surface area contributed by atoms with Gasteiger partial charge < -0.3 is 4.57 Å². The topological polar surface area (TPSA) is 52.2 Å². The van der Waals surface area contributed by atoms with E-state index in [0.29, 0.717) is 5.69 Å². The first-order valence-corrected chi connectivity index (χ1v) is 8.57. The van der Waals surface area contributed by atoms with E-state index >= 15 is 0 Å². The van der Waals surface area contributed by atoms with Crippen LogP contribution < -0.4 is 4.80 Å². The van der Waals surface area contributed by atoms with Gasteiger partial charge >= 0.3 is 0 Å². The summed E-state index contributed by atoms with van der Waals surface area (Å²) >= 11 is 1.55. The van der Waals surface area contributed by atoms with Crippen molar-refractivity contribution in [3.05, 3.63) is 46.0 Å². The second-order valence-corrected chi connectivity index (χ2v) is 6.51. The number of benzene rings is 1. The highest BCUT2D eigenvalue weighted by Crippen LogP contribution is 2.22.